The summed E-state index contributed by atoms with van der Waals surface area (Å²) in [7, 11) is 0. The van der Waals surface area contributed by atoms with E-state index in [4.69, 9.17) is 0 Å². The first-order valence-electron chi connectivity index (χ1n) is 9.15. The summed E-state index contributed by atoms with van der Waals surface area (Å²) < 4.78 is 0. The van der Waals surface area contributed by atoms with Crippen LogP contribution < -0.4 is 16.0 Å². The lowest BCUT2D eigenvalue weighted by Gasteiger charge is -2.12. The number of anilines is 5. The molecule has 6 heteroatoms. The van der Waals surface area contributed by atoms with E-state index in [1.807, 2.05) is 48.5 Å². The van der Waals surface area contributed by atoms with Crippen LogP contribution >= 0.6 is 0 Å². The average Bonchev–Trinajstić information content (AvgIpc) is 2.64. The van der Waals surface area contributed by atoms with Gasteiger partial charge in [0.05, 0.1) is 0 Å². The van der Waals surface area contributed by atoms with Gasteiger partial charge in [0, 0.05) is 17.9 Å². The summed E-state index contributed by atoms with van der Waals surface area (Å²) in [4.78, 5) is 13.5. The Hall–Kier alpha value is -3.15. The van der Waals surface area contributed by atoms with Crippen molar-refractivity contribution >= 4 is 29.2 Å². The third-order valence-electron chi connectivity index (χ3n) is 3.92. The number of hydrogen-bond donors (Lipinski definition) is 3. The van der Waals surface area contributed by atoms with Gasteiger partial charge >= 0.3 is 0 Å². The Labute approximate surface area is 160 Å². The maximum Gasteiger partial charge on any atom is 0.233 e. The lowest BCUT2D eigenvalue weighted by atomic mass is 10.2. The zero-order valence-electron chi connectivity index (χ0n) is 16.2. The first-order valence-corrected chi connectivity index (χ1v) is 9.15. The van der Waals surface area contributed by atoms with Crippen LogP contribution in [0.1, 0.15) is 25.0 Å². The minimum absolute atomic E-state index is 0.490. The minimum atomic E-state index is 0.490. The molecule has 0 saturated carbocycles. The second-order valence-corrected chi connectivity index (χ2v) is 7.06. The second kappa shape index (κ2) is 8.49. The molecule has 0 atom stereocenters. The molecule has 0 unspecified atom stereocenters. The molecule has 27 heavy (non-hydrogen) atoms. The van der Waals surface area contributed by atoms with Crippen LogP contribution in [0.3, 0.4) is 0 Å². The van der Waals surface area contributed by atoms with Crippen LogP contribution in [-0.4, -0.2) is 21.5 Å². The summed E-state index contributed by atoms with van der Waals surface area (Å²) in [6.07, 6.45) is 0. The number of aryl methyl sites for hydroxylation is 2. The first kappa shape index (κ1) is 18.6. The minimum Gasteiger partial charge on any atom is -0.354 e. The highest BCUT2D eigenvalue weighted by atomic mass is 15.3. The third kappa shape index (κ3) is 5.67. The highest BCUT2D eigenvalue weighted by Gasteiger charge is 2.08. The summed E-state index contributed by atoms with van der Waals surface area (Å²) in [5, 5.41) is 9.78. The van der Waals surface area contributed by atoms with Crippen LogP contribution in [0.15, 0.2) is 48.5 Å². The van der Waals surface area contributed by atoms with Crippen LogP contribution in [0.2, 0.25) is 0 Å². The van der Waals surface area contributed by atoms with Crippen molar-refractivity contribution in [1.29, 1.82) is 0 Å². The molecule has 0 amide bonds. The molecule has 140 valence electrons. The molecule has 0 bridgehead atoms. The van der Waals surface area contributed by atoms with Crippen molar-refractivity contribution < 1.29 is 0 Å². The Kier molecular flexibility index (Phi) is 5.86. The van der Waals surface area contributed by atoms with Crippen molar-refractivity contribution in [2.24, 2.45) is 5.92 Å². The molecule has 6 nitrogen and oxygen atoms in total. The van der Waals surface area contributed by atoms with Crippen LogP contribution in [0.4, 0.5) is 29.2 Å². The van der Waals surface area contributed by atoms with Crippen molar-refractivity contribution in [3.05, 3.63) is 59.7 Å². The van der Waals surface area contributed by atoms with Crippen LogP contribution in [0.5, 0.6) is 0 Å². The molecular weight excluding hydrogens is 336 g/mol. The molecule has 2 aromatic carbocycles. The molecule has 3 N–H and O–H groups in total. The molecule has 0 saturated heterocycles. The molecule has 0 spiro atoms. The monoisotopic (exact) mass is 362 g/mol. The van der Waals surface area contributed by atoms with E-state index in [1.165, 1.54) is 11.1 Å². The van der Waals surface area contributed by atoms with Gasteiger partial charge in [-0.15, -0.1) is 0 Å². The van der Waals surface area contributed by atoms with E-state index in [0.29, 0.717) is 23.8 Å². The number of hydrogen-bond acceptors (Lipinski definition) is 6. The van der Waals surface area contributed by atoms with Crippen molar-refractivity contribution in [1.82, 2.24) is 15.0 Å². The molecule has 0 aliphatic carbocycles. The fourth-order valence-electron chi connectivity index (χ4n) is 2.39. The third-order valence-corrected chi connectivity index (χ3v) is 3.92. The predicted octanol–water partition coefficient (Wildman–Crippen LogP) is 5.04. The summed E-state index contributed by atoms with van der Waals surface area (Å²) >= 11 is 0. The zero-order valence-corrected chi connectivity index (χ0v) is 16.2. The van der Waals surface area contributed by atoms with Crippen LogP contribution in [0, 0.1) is 19.8 Å². The largest absolute Gasteiger partial charge is 0.354 e. The number of nitrogens with zero attached hydrogens (tertiary/aromatic N) is 3. The summed E-state index contributed by atoms with van der Waals surface area (Å²) in [5.41, 5.74) is 4.28. The quantitative estimate of drug-likeness (QED) is 0.546. The van der Waals surface area contributed by atoms with E-state index in [9.17, 15) is 0 Å². The predicted molar refractivity (Wildman–Crippen MR) is 112 cm³/mol. The number of benzene rings is 2. The summed E-state index contributed by atoms with van der Waals surface area (Å²) in [6.45, 7) is 9.20. The Morgan fingerprint density at radius 3 is 1.48 bits per heavy atom. The fourth-order valence-corrected chi connectivity index (χ4v) is 2.39. The average molecular weight is 362 g/mol. The maximum atomic E-state index is 4.51. The Bertz CT molecular complexity index is 806. The van der Waals surface area contributed by atoms with Crippen molar-refractivity contribution in [3.63, 3.8) is 0 Å². The molecule has 0 radical (unpaired) electrons. The summed E-state index contributed by atoms with van der Waals surface area (Å²) in [5.74, 6) is 2.02. The SMILES string of the molecule is Cc1ccc(Nc2nc(NCC(C)C)nc(Nc3ccc(C)cc3)n2)cc1. The second-order valence-electron chi connectivity index (χ2n) is 7.06. The number of rotatable bonds is 7. The van der Waals surface area contributed by atoms with Gasteiger partial charge < -0.3 is 16.0 Å². The Morgan fingerprint density at radius 1 is 0.667 bits per heavy atom. The van der Waals surface area contributed by atoms with Crippen molar-refractivity contribution in [2.45, 2.75) is 27.7 Å². The van der Waals surface area contributed by atoms with E-state index in [0.717, 1.165) is 17.9 Å². The van der Waals surface area contributed by atoms with Gasteiger partial charge in [-0.25, -0.2) is 0 Å². The zero-order chi connectivity index (χ0) is 19.2. The lowest BCUT2D eigenvalue weighted by molar-refractivity contribution is 0.684. The number of nitrogens with one attached hydrogen (secondary N) is 3. The van der Waals surface area contributed by atoms with Crippen LogP contribution in [0.25, 0.3) is 0 Å². The van der Waals surface area contributed by atoms with Crippen LogP contribution in [-0.2, 0) is 0 Å². The molecule has 0 aliphatic heterocycles. The highest BCUT2D eigenvalue weighted by molar-refractivity contribution is 5.59. The van der Waals surface area contributed by atoms with E-state index < -0.39 is 0 Å². The first-order chi connectivity index (χ1) is 13.0. The van der Waals surface area contributed by atoms with Gasteiger partial charge in [-0.3, -0.25) is 0 Å². The lowest BCUT2D eigenvalue weighted by Crippen LogP contribution is -2.13. The topological polar surface area (TPSA) is 74.8 Å². The molecule has 0 fully saturated rings. The normalized spacial score (nSPS) is 10.7. The van der Waals surface area contributed by atoms with Gasteiger partial charge in [0.1, 0.15) is 0 Å². The molecule has 1 heterocycles. The van der Waals surface area contributed by atoms with E-state index in [1.54, 1.807) is 0 Å². The van der Waals surface area contributed by atoms with Gasteiger partial charge in [0.2, 0.25) is 17.8 Å². The fraction of sp³-hybridized carbons (Fsp3) is 0.286. The van der Waals surface area contributed by atoms with Gasteiger partial charge in [0.25, 0.3) is 0 Å². The summed E-state index contributed by atoms with van der Waals surface area (Å²) in [6, 6.07) is 16.2. The Morgan fingerprint density at radius 2 is 1.07 bits per heavy atom. The Balaban J connectivity index is 1.85. The van der Waals surface area contributed by atoms with E-state index >= 15 is 0 Å². The highest BCUT2D eigenvalue weighted by Crippen LogP contribution is 2.19. The molecular formula is C21H26N6. The van der Waals surface area contributed by atoms with Crippen molar-refractivity contribution in [3.8, 4) is 0 Å². The molecule has 0 aliphatic rings. The van der Waals surface area contributed by atoms with E-state index in [-0.39, 0.29) is 0 Å². The number of aromatic nitrogens is 3. The molecule has 1 aromatic heterocycles. The smallest absolute Gasteiger partial charge is 0.233 e. The van der Waals surface area contributed by atoms with Gasteiger partial charge in [-0.05, 0) is 44.0 Å². The van der Waals surface area contributed by atoms with Gasteiger partial charge in [-0.2, -0.15) is 15.0 Å². The standard InChI is InChI=1S/C21H26N6/c1-14(2)13-22-19-25-20(23-17-9-5-15(3)6-10-17)27-21(26-19)24-18-11-7-16(4)8-12-18/h5-12,14H,13H2,1-4H3,(H3,22,23,24,25,26,27). The van der Waals surface area contributed by atoms with Crippen molar-refractivity contribution in [2.75, 3.05) is 22.5 Å². The molecule has 3 aromatic rings. The van der Waals surface area contributed by atoms with E-state index in [2.05, 4.69) is 58.6 Å². The van der Waals surface area contributed by atoms with Gasteiger partial charge in [0.15, 0.2) is 0 Å². The molecule has 3 rings (SSSR count). The maximum absolute atomic E-state index is 4.51. The van der Waals surface area contributed by atoms with Gasteiger partial charge in [-0.1, -0.05) is 49.2 Å².